The van der Waals surface area contributed by atoms with Crippen LogP contribution < -0.4 is 0 Å². The molecule has 0 spiro atoms. The van der Waals surface area contributed by atoms with Gasteiger partial charge >= 0.3 is 0 Å². The van der Waals surface area contributed by atoms with Crippen molar-refractivity contribution in [3.8, 4) is 6.07 Å². The number of nitriles is 1. The van der Waals surface area contributed by atoms with Crippen molar-refractivity contribution >= 4 is 0 Å². The molecule has 0 bridgehead atoms. The molecule has 1 atom stereocenters. The normalized spacial score (nSPS) is 17.8. The lowest BCUT2D eigenvalue weighted by molar-refractivity contribution is 0.0845. The number of hydrogen-bond donors (Lipinski definition) is 0. The largest absolute Gasteiger partial charge is 0.338 e. The molecule has 1 saturated heterocycles. The third-order valence-corrected chi connectivity index (χ3v) is 4.32. The Morgan fingerprint density at radius 1 is 1.30 bits per heavy atom. The Kier molecular flexibility index (Phi) is 4.70. The lowest BCUT2D eigenvalue weighted by Crippen LogP contribution is -2.46. The van der Waals surface area contributed by atoms with E-state index in [4.69, 9.17) is 9.78 Å². The van der Waals surface area contributed by atoms with Crippen LogP contribution >= 0.6 is 0 Å². The van der Waals surface area contributed by atoms with Gasteiger partial charge in [-0.1, -0.05) is 17.3 Å². The first-order valence-corrected chi connectivity index (χ1v) is 7.91. The Morgan fingerprint density at radius 3 is 2.74 bits per heavy atom. The number of aromatic nitrogens is 2. The fourth-order valence-electron chi connectivity index (χ4n) is 2.95. The second-order valence-electron chi connectivity index (χ2n) is 5.98. The minimum Gasteiger partial charge on any atom is -0.338 e. The zero-order valence-electron chi connectivity index (χ0n) is 13.6. The second kappa shape index (κ2) is 6.90. The van der Waals surface area contributed by atoms with Crippen molar-refractivity contribution in [3.63, 3.8) is 0 Å². The van der Waals surface area contributed by atoms with Crippen LogP contribution in [0.4, 0.5) is 0 Å². The van der Waals surface area contributed by atoms with E-state index in [1.807, 2.05) is 25.1 Å². The van der Waals surface area contributed by atoms with Crippen molar-refractivity contribution in [3.05, 3.63) is 47.1 Å². The van der Waals surface area contributed by atoms with E-state index in [2.05, 4.69) is 39.0 Å². The molecular formula is C17H21N5O. The molecule has 2 aromatic rings. The highest BCUT2D eigenvalue weighted by Gasteiger charge is 2.25. The molecule has 1 fully saturated rings. The van der Waals surface area contributed by atoms with E-state index in [0.29, 0.717) is 11.7 Å². The molecule has 6 nitrogen and oxygen atoms in total. The first-order valence-electron chi connectivity index (χ1n) is 7.91. The van der Waals surface area contributed by atoms with Crippen molar-refractivity contribution in [2.45, 2.75) is 26.4 Å². The van der Waals surface area contributed by atoms with E-state index in [9.17, 15) is 0 Å². The van der Waals surface area contributed by atoms with Gasteiger partial charge in [-0.25, -0.2) is 0 Å². The molecule has 0 N–H and O–H groups in total. The van der Waals surface area contributed by atoms with Gasteiger partial charge in [0.05, 0.1) is 17.7 Å². The summed E-state index contributed by atoms with van der Waals surface area (Å²) in [7, 11) is 0. The van der Waals surface area contributed by atoms with Crippen LogP contribution in [0.5, 0.6) is 0 Å². The highest BCUT2D eigenvalue weighted by molar-refractivity contribution is 5.32. The smallest absolute Gasteiger partial charge is 0.243 e. The monoisotopic (exact) mass is 311 g/mol. The number of hydrogen-bond acceptors (Lipinski definition) is 6. The van der Waals surface area contributed by atoms with Crippen molar-refractivity contribution < 1.29 is 4.52 Å². The van der Waals surface area contributed by atoms with E-state index in [-0.39, 0.29) is 6.04 Å². The van der Waals surface area contributed by atoms with E-state index < -0.39 is 0 Å². The molecular weight excluding hydrogens is 290 g/mol. The zero-order chi connectivity index (χ0) is 16.2. The summed E-state index contributed by atoms with van der Waals surface area (Å²) in [5.41, 5.74) is 1.92. The zero-order valence-corrected chi connectivity index (χ0v) is 13.6. The second-order valence-corrected chi connectivity index (χ2v) is 5.98. The summed E-state index contributed by atoms with van der Waals surface area (Å²) < 4.78 is 5.28. The molecule has 0 saturated carbocycles. The van der Waals surface area contributed by atoms with E-state index in [0.717, 1.165) is 38.3 Å². The van der Waals surface area contributed by atoms with Gasteiger partial charge < -0.3 is 4.52 Å². The third-order valence-electron chi connectivity index (χ3n) is 4.32. The van der Waals surface area contributed by atoms with E-state index in [1.54, 1.807) is 0 Å². The predicted octanol–water partition coefficient (Wildman–Crippen LogP) is 2.13. The van der Waals surface area contributed by atoms with Crippen LogP contribution in [0.1, 0.15) is 35.8 Å². The molecule has 1 aliphatic rings. The van der Waals surface area contributed by atoms with Gasteiger partial charge in [-0.05, 0) is 31.5 Å². The summed E-state index contributed by atoms with van der Waals surface area (Å²) in [6.07, 6.45) is 0. The fourth-order valence-corrected chi connectivity index (χ4v) is 2.95. The van der Waals surface area contributed by atoms with Crippen LogP contribution in [0, 0.1) is 18.3 Å². The summed E-state index contributed by atoms with van der Waals surface area (Å²) >= 11 is 0. The highest BCUT2D eigenvalue weighted by Crippen LogP contribution is 2.20. The van der Waals surface area contributed by atoms with Gasteiger partial charge in [-0.2, -0.15) is 10.2 Å². The molecule has 3 rings (SSSR count). The lowest BCUT2D eigenvalue weighted by Gasteiger charge is -2.36. The first-order chi connectivity index (χ1) is 11.2. The van der Waals surface area contributed by atoms with Crippen LogP contribution in [0.3, 0.4) is 0 Å². The van der Waals surface area contributed by atoms with Gasteiger partial charge in [0.15, 0.2) is 5.82 Å². The minimum atomic E-state index is 0.153. The van der Waals surface area contributed by atoms with Gasteiger partial charge in [0.1, 0.15) is 0 Å². The number of piperazine rings is 1. The summed E-state index contributed by atoms with van der Waals surface area (Å²) in [5, 5.41) is 12.9. The van der Waals surface area contributed by atoms with Crippen molar-refractivity contribution in [1.29, 1.82) is 5.26 Å². The van der Waals surface area contributed by atoms with Gasteiger partial charge in [-0.3, -0.25) is 9.80 Å². The van der Waals surface area contributed by atoms with Gasteiger partial charge in [0, 0.05) is 32.7 Å². The van der Waals surface area contributed by atoms with Crippen LogP contribution in [0.25, 0.3) is 0 Å². The Balaban J connectivity index is 1.55. The van der Waals surface area contributed by atoms with Crippen molar-refractivity contribution in [1.82, 2.24) is 19.9 Å². The summed E-state index contributed by atoms with van der Waals surface area (Å²) in [5.74, 6) is 1.38. The quantitative estimate of drug-likeness (QED) is 0.861. The maximum atomic E-state index is 8.98. The minimum absolute atomic E-state index is 0.153. The van der Waals surface area contributed by atoms with Crippen LogP contribution in [-0.4, -0.2) is 46.1 Å². The SMILES string of the molecule is Cc1noc([C@@H](C)N2CCN(Cc3cccc(C#N)c3)CC2)n1. The molecule has 2 heterocycles. The van der Waals surface area contributed by atoms with Gasteiger partial charge in [0.25, 0.3) is 0 Å². The average molecular weight is 311 g/mol. The van der Waals surface area contributed by atoms with E-state index >= 15 is 0 Å². The first kappa shape index (κ1) is 15.7. The van der Waals surface area contributed by atoms with Crippen molar-refractivity contribution in [2.75, 3.05) is 26.2 Å². The molecule has 1 aliphatic heterocycles. The van der Waals surface area contributed by atoms with Crippen LogP contribution in [-0.2, 0) is 6.54 Å². The average Bonchev–Trinajstić information content (AvgIpc) is 3.01. The topological polar surface area (TPSA) is 69.2 Å². The Hall–Kier alpha value is -2.23. The number of benzene rings is 1. The molecule has 23 heavy (non-hydrogen) atoms. The number of rotatable bonds is 4. The Morgan fingerprint density at radius 2 is 2.09 bits per heavy atom. The lowest BCUT2D eigenvalue weighted by atomic mass is 10.1. The van der Waals surface area contributed by atoms with Crippen molar-refractivity contribution in [2.24, 2.45) is 0 Å². The maximum Gasteiger partial charge on any atom is 0.243 e. The molecule has 120 valence electrons. The summed E-state index contributed by atoms with van der Waals surface area (Å²) in [4.78, 5) is 9.11. The van der Waals surface area contributed by atoms with Gasteiger partial charge in [-0.15, -0.1) is 0 Å². The molecule has 1 aromatic heterocycles. The fraction of sp³-hybridized carbons (Fsp3) is 0.471. The predicted molar refractivity (Wildman–Crippen MR) is 85.5 cm³/mol. The van der Waals surface area contributed by atoms with E-state index in [1.165, 1.54) is 5.56 Å². The maximum absolute atomic E-state index is 8.98. The molecule has 6 heteroatoms. The summed E-state index contributed by atoms with van der Waals surface area (Å²) in [6.45, 7) is 8.77. The molecule has 0 amide bonds. The summed E-state index contributed by atoms with van der Waals surface area (Å²) in [6, 6.07) is 10.2. The standard InChI is InChI=1S/C17H21N5O/c1-13(17-19-14(2)20-23-17)22-8-6-21(7-9-22)12-16-5-3-4-15(10-16)11-18/h3-5,10,13H,6-9,12H2,1-2H3/t13-/m1/s1. The third kappa shape index (κ3) is 3.76. The highest BCUT2D eigenvalue weighted by atomic mass is 16.5. The Bertz CT molecular complexity index is 697. The number of aryl methyl sites for hydroxylation is 1. The molecule has 0 radical (unpaired) electrons. The molecule has 0 aliphatic carbocycles. The molecule has 1 aromatic carbocycles. The molecule has 0 unspecified atom stereocenters. The Labute approximate surface area is 136 Å². The van der Waals surface area contributed by atoms with Crippen LogP contribution in [0.2, 0.25) is 0 Å². The van der Waals surface area contributed by atoms with Gasteiger partial charge in [0.2, 0.25) is 5.89 Å². The van der Waals surface area contributed by atoms with Crippen LogP contribution in [0.15, 0.2) is 28.8 Å². The number of nitrogens with zero attached hydrogens (tertiary/aromatic N) is 5.